The number of hydrogen-bond acceptors (Lipinski definition) is 4. The molecule has 2 fully saturated rings. The number of morpholine rings is 1. The minimum Gasteiger partial charge on any atom is -0.390 e. The van der Waals surface area contributed by atoms with Crippen LogP contribution < -0.4 is 0 Å². The molecule has 1 N–H and O–H groups in total. The van der Waals surface area contributed by atoms with E-state index in [1.165, 1.54) is 6.07 Å². The average molecular weight is 373 g/mol. The van der Waals surface area contributed by atoms with Crippen LogP contribution in [0.15, 0.2) is 24.3 Å². The quantitative estimate of drug-likeness (QED) is 0.874. The van der Waals surface area contributed by atoms with E-state index in [-0.39, 0.29) is 11.9 Å². The summed E-state index contributed by atoms with van der Waals surface area (Å²) in [7, 11) is 0. The second-order valence-corrected chi connectivity index (χ2v) is 7.90. The molecule has 1 aromatic heterocycles. The van der Waals surface area contributed by atoms with Crippen molar-refractivity contribution in [2.45, 2.75) is 51.2 Å². The zero-order valence-electron chi connectivity index (χ0n) is 16.1. The van der Waals surface area contributed by atoms with Crippen molar-refractivity contribution in [3.63, 3.8) is 0 Å². The summed E-state index contributed by atoms with van der Waals surface area (Å²) < 4.78 is 21.8. The molecular formula is C21H28FN3O2. The molecule has 0 radical (unpaired) electrons. The first-order chi connectivity index (χ1) is 13.0. The molecule has 1 atom stereocenters. The van der Waals surface area contributed by atoms with Crippen molar-refractivity contribution in [3.05, 3.63) is 47.0 Å². The Morgan fingerprint density at radius 2 is 2.07 bits per heavy atom. The number of ether oxygens (including phenoxy) is 1. The van der Waals surface area contributed by atoms with Gasteiger partial charge in [-0.05, 0) is 51.7 Å². The summed E-state index contributed by atoms with van der Waals surface area (Å²) in [5.41, 5.74) is 2.94. The molecule has 146 valence electrons. The number of aliphatic hydroxyl groups is 1. The zero-order valence-corrected chi connectivity index (χ0v) is 16.1. The summed E-state index contributed by atoms with van der Waals surface area (Å²) in [6, 6.07) is 6.81. The Balaban J connectivity index is 1.61. The first-order valence-electron chi connectivity index (χ1n) is 9.84. The standard InChI is InChI=1S/C21H28FN3O2/c1-15-20(16(2)25(23-15)18-7-4-3-6-17(18)22)19-14-27-13-12-24(19)11-10-21(26)8-5-9-21/h3-4,6-7,19,26H,5,8-14H2,1-2H3. The maximum Gasteiger partial charge on any atom is 0.148 e. The maximum atomic E-state index is 14.3. The molecule has 0 amide bonds. The third-order valence-corrected chi connectivity index (χ3v) is 6.15. The van der Waals surface area contributed by atoms with E-state index in [0.29, 0.717) is 18.9 Å². The molecule has 2 aromatic rings. The lowest BCUT2D eigenvalue weighted by Crippen LogP contribution is -2.45. The van der Waals surface area contributed by atoms with E-state index in [9.17, 15) is 9.50 Å². The largest absolute Gasteiger partial charge is 0.390 e. The van der Waals surface area contributed by atoms with Gasteiger partial charge in [-0.15, -0.1) is 0 Å². The highest BCUT2D eigenvalue weighted by molar-refractivity contribution is 5.39. The van der Waals surface area contributed by atoms with Gasteiger partial charge in [-0.2, -0.15) is 5.10 Å². The predicted molar refractivity (Wildman–Crippen MR) is 102 cm³/mol. The fourth-order valence-corrected chi connectivity index (χ4v) is 4.35. The Morgan fingerprint density at radius 3 is 2.78 bits per heavy atom. The molecule has 1 unspecified atom stereocenters. The van der Waals surface area contributed by atoms with E-state index in [0.717, 1.165) is 55.7 Å². The van der Waals surface area contributed by atoms with Crippen molar-refractivity contribution < 1.29 is 14.2 Å². The van der Waals surface area contributed by atoms with E-state index >= 15 is 0 Å². The van der Waals surface area contributed by atoms with Gasteiger partial charge in [-0.3, -0.25) is 4.90 Å². The van der Waals surface area contributed by atoms with Gasteiger partial charge in [0.25, 0.3) is 0 Å². The minimum atomic E-state index is -0.482. The molecule has 1 saturated heterocycles. The van der Waals surface area contributed by atoms with E-state index in [1.807, 2.05) is 19.9 Å². The summed E-state index contributed by atoms with van der Waals surface area (Å²) in [4.78, 5) is 2.39. The molecular weight excluding hydrogens is 345 g/mol. The first kappa shape index (κ1) is 18.6. The van der Waals surface area contributed by atoms with Gasteiger partial charge in [-0.1, -0.05) is 12.1 Å². The van der Waals surface area contributed by atoms with Crippen molar-refractivity contribution >= 4 is 0 Å². The number of aromatic nitrogens is 2. The number of hydrogen-bond donors (Lipinski definition) is 1. The van der Waals surface area contributed by atoms with Gasteiger partial charge < -0.3 is 9.84 Å². The van der Waals surface area contributed by atoms with Crippen LogP contribution in [0.25, 0.3) is 5.69 Å². The molecule has 1 aliphatic heterocycles. The number of benzene rings is 1. The van der Waals surface area contributed by atoms with Gasteiger partial charge in [0.15, 0.2) is 0 Å². The second-order valence-electron chi connectivity index (χ2n) is 7.90. The fourth-order valence-electron chi connectivity index (χ4n) is 4.35. The van der Waals surface area contributed by atoms with Gasteiger partial charge in [0.1, 0.15) is 11.5 Å². The summed E-state index contributed by atoms with van der Waals surface area (Å²) in [6.45, 7) is 6.95. The highest BCUT2D eigenvalue weighted by Gasteiger charge is 2.36. The third kappa shape index (κ3) is 3.53. The maximum absolute atomic E-state index is 14.3. The van der Waals surface area contributed by atoms with Crippen LogP contribution in [0.4, 0.5) is 4.39 Å². The van der Waals surface area contributed by atoms with Crippen molar-refractivity contribution in [3.8, 4) is 5.69 Å². The normalized spacial score (nSPS) is 22.6. The highest BCUT2D eigenvalue weighted by atomic mass is 19.1. The molecule has 1 aliphatic carbocycles. The Labute approximate surface area is 159 Å². The lowest BCUT2D eigenvalue weighted by Gasteiger charge is -2.41. The van der Waals surface area contributed by atoms with E-state index in [1.54, 1.807) is 16.8 Å². The Morgan fingerprint density at radius 1 is 1.30 bits per heavy atom. The number of para-hydroxylation sites is 1. The molecule has 27 heavy (non-hydrogen) atoms. The number of aryl methyl sites for hydroxylation is 1. The van der Waals surface area contributed by atoms with Crippen LogP contribution in [0.3, 0.4) is 0 Å². The number of halogens is 1. The predicted octanol–water partition coefficient (Wildman–Crippen LogP) is 3.31. The molecule has 4 rings (SSSR count). The van der Waals surface area contributed by atoms with E-state index < -0.39 is 5.60 Å². The molecule has 6 heteroatoms. The molecule has 1 saturated carbocycles. The van der Waals surface area contributed by atoms with Crippen molar-refractivity contribution in [2.24, 2.45) is 0 Å². The molecule has 0 bridgehead atoms. The summed E-state index contributed by atoms with van der Waals surface area (Å²) in [5, 5.41) is 15.1. The topological polar surface area (TPSA) is 50.5 Å². The lowest BCUT2D eigenvalue weighted by atomic mass is 9.77. The fraction of sp³-hybridized carbons (Fsp3) is 0.571. The molecule has 0 spiro atoms. The van der Waals surface area contributed by atoms with Crippen LogP contribution in [0, 0.1) is 19.7 Å². The Bertz CT molecular complexity index is 816. The van der Waals surface area contributed by atoms with E-state index in [2.05, 4.69) is 10.00 Å². The summed E-state index contributed by atoms with van der Waals surface area (Å²) >= 11 is 0. The first-order valence-corrected chi connectivity index (χ1v) is 9.84. The van der Waals surface area contributed by atoms with Crippen LogP contribution in [-0.4, -0.2) is 51.7 Å². The zero-order chi connectivity index (χ0) is 19.0. The Hall–Kier alpha value is -1.76. The SMILES string of the molecule is Cc1nn(-c2ccccc2F)c(C)c1C1COCCN1CCC1(O)CCC1. The summed E-state index contributed by atoms with van der Waals surface area (Å²) in [6.07, 6.45) is 3.73. The lowest BCUT2D eigenvalue weighted by molar-refractivity contribution is -0.0636. The van der Waals surface area contributed by atoms with Crippen LogP contribution in [0.1, 0.15) is 48.7 Å². The smallest absolute Gasteiger partial charge is 0.148 e. The van der Waals surface area contributed by atoms with Crippen LogP contribution in [0.2, 0.25) is 0 Å². The van der Waals surface area contributed by atoms with Crippen LogP contribution in [0.5, 0.6) is 0 Å². The summed E-state index contributed by atoms with van der Waals surface area (Å²) in [5.74, 6) is -0.279. The molecule has 2 aliphatic rings. The van der Waals surface area contributed by atoms with Crippen molar-refractivity contribution in [2.75, 3.05) is 26.3 Å². The highest BCUT2D eigenvalue weighted by Crippen LogP contribution is 2.37. The van der Waals surface area contributed by atoms with Crippen LogP contribution >= 0.6 is 0 Å². The average Bonchev–Trinajstić information content (AvgIpc) is 2.93. The third-order valence-electron chi connectivity index (χ3n) is 6.15. The molecule has 5 nitrogen and oxygen atoms in total. The van der Waals surface area contributed by atoms with Crippen LogP contribution in [-0.2, 0) is 4.74 Å². The molecule has 1 aromatic carbocycles. The van der Waals surface area contributed by atoms with Crippen molar-refractivity contribution in [1.82, 2.24) is 14.7 Å². The second kappa shape index (κ2) is 7.34. The van der Waals surface area contributed by atoms with Gasteiger partial charge >= 0.3 is 0 Å². The van der Waals surface area contributed by atoms with Gasteiger partial charge in [0, 0.05) is 24.3 Å². The minimum absolute atomic E-state index is 0.0861. The number of rotatable bonds is 5. The Kier molecular flexibility index (Phi) is 5.05. The molecule has 2 heterocycles. The van der Waals surface area contributed by atoms with Gasteiger partial charge in [0.2, 0.25) is 0 Å². The van der Waals surface area contributed by atoms with Gasteiger partial charge in [-0.25, -0.2) is 9.07 Å². The monoisotopic (exact) mass is 373 g/mol. The number of nitrogens with zero attached hydrogens (tertiary/aromatic N) is 3. The van der Waals surface area contributed by atoms with E-state index in [4.69, 9.17) is 4.74 Å². The van der Waals surface area contributed by atoms with Gasteiger partial charge in [0.05, 0.1) is 30.6 Å². The van der Waals surface area contributed by atoms with Crippen molar-refractivity contribution in [1.29, 1.82) is 0 Å².